The molecular weight excluding hydrogens is 390 g/mol. The van der Waals surface area contributed by atoms with Gasteiger partial charge < -0.3 is 5.32 Å². The average Bonchev–Trinajstić information content (AvgIpc) is 3.29. The standard InChI is InChI=1S/C17H17N3O5S2/c21-15(19-20-16(22)12-6-8-27(24,25)10-12)11-3-1-4-13(9-11)18-17(23)14-5-2-7-26-14/h1-5,7,9,12H,6,8,10H2,(H,18,23)(H,19,21)(H,20,22)/t12-/m1/s1. The second kappa shape index (κ2) is 7.89. The first-order chi connectivity index (χ1) is 12.8. The highest BCUT2D eigenvalue weighted by Crippen LogP contribution is 2.18. The van der Waals surface area contributed by atoms with Crippen molar-refractivity contribution in [3.8, 4) is 0 Å². The van der Waals surface area contributed by atoms with Gasteiger partial charge in [-0.3, -0.25) is 25.2 Å². The zero-order chi connectivity index (χ0) is 19.4. The van der Waals surface area contributed by atoms with E-state index in [2.05, 4.69) is 16.2 Å². The molecule has 1 saturated heterocycles. The van der Waals surface area contributed by atoms with Crippen LogP contribution in [0.2, 0.25) is 0 Å². The summed E-state index contributed by atoms with van der Waals surface area (Å²) < 4.78 is 22.8. The third kappa shape index (κ3) is 4.92. The van der Waals surface area contributed by atoms with Gasteiger partial charge in [0.25, 0.3) is 11.8 Å². The maximum Gasteiger partial charge on any atom is 0.269 e. The molecule has 27 heavy (non-hydrogen) atoms. The molecule has 0 unspecified atom stereocenters. The van der Waals surface area contributed by atoms with E-state index in [0.29, 0.717) is 10.6 Å². The van der Waals surface area contributed by atoms with Crippen LogP contribution in [0.4, 0.5) is 5.69 Å². The van der Waals surface area contributed by atoms with Gasteiger partial charge in [0.15, 0.2) is 9.84 Å². The molecule has 0 spiro atoms. The second-order valence-electron chi connectivity index (χ2n) is 6.06. The predicted molar refractivity (Wildman–Crippen MR) is 101 cm³/mol. The lowest BCUT2D eigenvalue weighted by molar-refractivity contribution is -0.125. The van der Waals surface area contributed by atoms with Gasteiger partial charge in [-0.15, -0.1) is 11.3 Å². The number of hydrogen-bond acceptors (Lipinski definition) is 6. The van der Waals surface area contributed by atoms with Crippen LogP contribution in [0.1, 0.15) is 26.5 Å². The van der Waals surface area contributed by atoms with Crippen LogP contribution >= 0.6 is 11.3 Å². The monoisotopic (exact) mass is 407 g/mol. The molecule has 1 aliphatic rings. The highest BCUT2D eigenvalue weighted by Gasteiger charge is 2.33. The predicted octanol–water partition coefficient (Wildman–Crippen LogP) is 1.20. The summed E-state index contributed by atoms with van der Waals surface area (Å²) in [5, 5.41) is 4.48. The number of rotatable bonds is 4. The molecular formula is C17H17N3O5S2. The zero-order valence-corrected chi connectivity index (χ0v) is 15.7. The molecule has 3 amide bonds. The maximum absolute atomic E-state index is 12.2. The highest BCUT2D eigenvalue weighted by atomic mass is 32.2. The second-order valence-corrected chi connectivity index (χ2v) is 9.23. The molecule has 2 heterocycles. The van der Waals surface area contributed by atoms with Gasteiger partial charge in [-0.25, -0.2) is 8.42 Å². The van der Waals surface area contributed by atoms with Gasteiger partial charge in [0.1, 0.15) is 0 Å². The van der Waals surface area contributed by atoms with E-state index in [9.17, 15) is 22.8 Å². The Morgan fingerprint density at radius 1 is 1.04 bits per heavy atom. The smallest absolute Gasteiger partial charge is 0.269 e. The van der Waals surface area contributed by atoms with Crippen molar-refractivity contribution in [1.29, 1.82) is 0 Å². The van der Waals surface area contributed by atoms with E-state index in [4.69, 9.17) is 0 Å². The number of sulfone groups is 1. The number of amides is 3. The van der Waals surface area contributed by atoms with Crippen molar-refractivity contribution in [2.75, 3.05) is 16.8 Å². The molecule has 0 bridgehead atoms. The Hall–Kier alpha value is -2.72. The molecule has 8 nitrogen and oxygen atoms in total. The first-order valence-corrected chi connectivity index (χ1v) is 10.8. The zero-order valence-electron chi connectivity index (χ0n) is 14.1. The Kier molecular flexibility index (Phi) is 5.57. The Morgan fingerprint density at radius 3 is 2.52 bits per heavy atom. The lowest BCUT2D eigenvalue weighted by Crippen LogP contribution is -2.44. The fraction of sp³-hybridized carbons (Fsp3) is 0.235. The molecule has 0 saturated carbocycles. The molecule has 1 atom stereocenters. The molecule has 10 heteroatoms. The molecule has 0 aliphatic carbocycles. The van der Waals surface area contributed by atoms with Crippen LogP contribution in [0, 0.1) is 5.92 Å². The lowest BCUT2D eigenvalue weighted by Gasteiger charge is -2.11. The summed E-state index contributed by atoms with van der Waals surface area (Å²) in [6.07, 6.45) is 0.244. The van der Waals surface area contributed by atoms with Gasteiger partial charge >= 0.3 is 0 Å². The molecule has 0 radical (unpaired) electrons. The van der Waals surface area contributed by atoms with Crippen LogP contribution in [0.3, 0.4) is 0 Å². The fourth-order valence-electron chi connectivity index (χ4n) is 2.63. The minimum absolute atomic E-state index is 0.0228. The first-order valence-electron chi connectivity index (χ1n) is 8.09. The van der Waals surface area contributed by atoms with E-state index in [0.717, 1.165) is 0 Å². The van der Waals surface area contributed by atoms with E-state index in [1.54, 1.807) is 29.6 Å². The average molecular weight is 407 g/mol. The van der Waals surface area contributed by atoms with Crippen molar-refractivity contribution >= 4 is 44.6 Å². The summed E-state index contributed by atoms with van der Waals surface area (Å²) in [6.45, 7) is 0. The Balaban J connectivity index is 1.57. The van der Waals surface area contributed by atoms with Crippen molar-refractivity contribution < 1.29 is 22.8 Å². The maximum atomic E-state index is 12.2. The van der Waals surface area contributed by atoms with E-state index in [1.165, 1.54) is 23.5 Å². The highest BCUT2D eigenvalue weighted by molar-refractivity contribution is 7.91. The van der Waals surface area contributed by atoms with Gasteiger partial charge in [0.2, 0.25) is 5.91 Å². The quantitative estimate of drug-likeness (QED) is 0.658. The van der Waals surface area contributed by atoms with Crippen molar-refractivity contribution in [3.63, 3.8) is 0 Å². The van der Waals surface area contributed by atoms with Crippen molar-refractivity contribution in [3.05, 3.63) is 52.2 Å². The molecule has 2 aromatic rings. The SMILES string of the molecule is O=C(NNC(=O)[C@@H]1CCS(=O)(=O)C1)c1cccc(NC(=O)c2cccs2)c1. The largest absolute Gasteiger partial charge is 0.321 e. The number of carbonyl (C=O) groups excluding carboxylic acids is 3. The van der Waals surface area contributed by atoms with Gasteiger partial charge in [-0.2, -0.15) is 0 Å². The van der Waals surface area contributed by atoms with Crippen molar-refractivity contribution in [2.45, 2.75) is 6.42 Å². The molecule has 3 N–H and O–H groups in total. The minimum Gasteiger partial charge on any atom is -0.321 e. The normalized spacial score (nSPS) is 17.9. The molecule has 1 aromatic carbocycles. The Morgan fingerprint density at radius 2 is 1.85 bits per heavy atom. The number of nitrogens with one attached hydrogen (secondary N) is 3. The van der Waals surface area contributed by atoms with Crippen LogP contribution < -0.4 is 16.2 Å². The number of hydrogen-bond donors (Lipinski definition) is 3. The van der Waals surface area contributed by atoms with Crippen LogP contribution in [0.25, 0.3) is 0 Å². The van der Waals surface area contributed by atoms with Gasteiger partial charge in [-0.1, -0.05) is 12.1 Å². The Bertz CT molecular complexity index is 970. The van der Waals surface area contributed by atoms with E-state index in [-0.39, 0.29) is 29.4 Å². The van der Waals surface area contributed by atoms with Gasteiger partial charge in [-0.05, 0) is 36.1 Å². The Labute approximate surface area is 159 Å². The number of carbonyl (C=O) groups is 3. The van der Waals surface area contributed by atoms with Crippen LogP contribution in [0.15, 0.2) is 41.8 Å². The van der Waals surface area contributed by atoms with E-state index >= 15 is 0 Å². The van der Waals surface area contributed by atoms with Gasteiger partial charge in [0.05, 0.1) is 22.3 Å². The minimum atomic E-state index is -3.18. The summed E-state index contributed by atoms with van der Waals surface area (Å²) in [5.74, 6) is -2.28. The number of thiophene rings is 1. The van der Waals surface area contributed by atoms with Crippen LogP contribution in [-0.2, 0) is 14.6 Å². The summed E-state index contributed by atoms with van der Waals surface area (Å²) in [5.41, 5.74) is 5.20. The topological polar surface area (TPSA) is 121 Å². The number of anilines is 1. The number of hydrazine groups is 1. The molecule has 3 rings (SSSR count). The van der Waals surface area contributed by atoms with Crippen LogP contribution in [0.5, 0.6) is 0 Å². The molecule has 142 valence electrons. The summed E-state index contributed by atoms with van der Waals surface area (Å²) >= 11 is 1.30. The van der Waals surface area contributed by atoms with Gasteiger partial charge in [0, 0.05) is 11.3 Å². The number of benzene rings is 1. The molecule has 1 aromatic heterocycles. The molecule has 1 fully saturated rings. The van der Waals surface area contributed by atoms with Crippen molar-refractivity contribution in [2.24, 2.45) is 5.92 Å². The molecule has 1 aliphatic heterocycles. The fourth-order valence-corrected chi connectivity index (χ4v) is 4.99. The van der Waals surface area contributed by atoms with E-state index in [1.807, 2.05) is 0 Å². The van der Waals surface area contributed by atoms with E-state index < -0.39 is 27.6 Å². The third-order valence-corrected chi connectivity index (χ3v) is 6.67. The first kappa shape index (κ1) is 19.1. The van der Waals surface area contributed by atoms with Crippen LogP contribution in [-0.4, -0.2) is 37.6 Å². The van der Waals surface area contributed by atoms with Crippen molar-refractivity contribution in [1.82, 2.24) is 10.9 Å². The third-order valence-electron chi connectivity index (χ3n) is 4.03. The summed E-state index contributed by atoms with van der Waals surface area (Å²) in [4.78, 5) is 36.8. The lowest BCUT2D eigenvalue weighted by atomic mass is 10.1. The summed E-state index contributed by atoms with van der Waals surface area (Å²) in [7, 11) is -3.18. The summed E-state index contributed by atoms with van der Waals surface area (Å²) in [6, 6.07) is 9.71.